The predicted molar refractivity (Wildman–Crippen MR) is 100 cm³/mol. The molecule has 4 rings (SSSR count). The van der Waals surface area contributed by atoms with Crippen molar-refractivity contribution in [1.29, 1.82) is 0 Å². The second-order valence-electron chi connectivity index (χ2n) is 7.51. The summed E-state index contributed by atoms with van der Waals surface area (Å²) in [5.41, 5.74) is 2.58. The molecular formula is C19H28N6. The zero-order valence-electron chi connectivity index (χ0n) is 15.6. The first-order valence-electron chi connectivity index (χ1n) is 9.51. The van der Waals surface area contributed by atoms with Gasteiger partial charge in [-0.3, -0.25) is 0 Å². The second-order valence-corrected chi connectivity index (χ2v) is 7.51. The van der Waals surface area contributed by atoms with Crippen molar-refractivity contribution in [1.82, 2.24) is 19.5 Å². The average Bonchev–Trinajstić information content (AvgIpc) is 2.99. The Morgan fingerprint density at radius 1 is 1.00 bits per heavy atom. The summed E-state index contributed by atoms with van der Waals surface area (Å²) in [6.45, 7) is 8.39. The lowest BCUT2D eigenvalue weighted by Gasteiger charge is -2.30. The second kappa shape index (κ2) is 6.65. The SMILES string of the molecule is CC(C)c1nc2c(n1C)CCN(c1ccnc(N3CCCCC3)n1)C2. The number of aromatic nitrogens is 4. The Bertz CT molecular complexity index is 744. The van der Waals surface area contributed by atoms with Crippen LogP contribution in [-0.2, 0) is 20.0 Å². The Balaban J connectivity index is 1.56. The zero-order chi connectivity index (χ0) is 17.4. The molecule has 0 spiro atoms. The smallest absolute Gasteiger partial charge is 0.227 e. The number of hydrogen-bond donors (Lipinski definition) is 0. The molecule has 2 aromatic rings. The van der Waals surface area contributed by atoms with Gasteiger partial charge in [0.05, 0.1) is 12.2 Å². The van der Waals surface area contributed by atoms with E-state index in [1.807, 2.05) is 12.3 Å². The highest BCUT2D eigenvalue weighted by molar-refractivity contribution is 5.46. The fraction of sp³-hybridized carbons (Fsp3) is 0.632. The minimum absolute atomic E-state index is 0.453. The van der Waals surface area contributed by atoms with E-state index in [9.17, 15) is 0 Å². The number of hydrogen-bond acceptors (Lipinski definition) is 5. The van der Waals surface area contributed by atoms with E-state index in [0.29, 0.717) is 5.92 Å². The summed E-state index contributed by atoms with van der Waals surface area (Å²) in [6, 6.07) is 2.03. The van der Waals surface area contributed by atoms with E-state index in [1.165, 1.54) is 36.5 Å². The van der Waals surface area contributed by atoms with Crippen LogP contribution < -0.4 is 9.80 Å². The van der Waals surface area contributed by atoms with Gasteiger partial charge in [0.2, 0.25) is 5.95 Å². The Hall–Kier alpha value is -2.11. The van der Waals surface area contributed by atoms with Gasteiger partial charge in [-0.05, 0) is 25.3 Å². The van der Waals surface area contributed by atoms with Crippen molar-refractivity contribution in [2.75, 3.05) is 29.4 Å². The van der Waals surface area contributed by atoms with Crippen LogP contribution in [0.15, 0.2) is 12.3 Å². The van der Waals surface area contributed by atoms with Gasteiger partial charge in [0.1, 0.15) is 11.6 Å². The molecule has 25 heavy (non-hydrogen) atoms. The molecular weight excluding hydrogens is 312 g/mol. The van der Waals surface area contributed by atoms with Crippen LogP contribution in [0.1, 0.15) is 56.2 Å². The first-order chi connectivity index (χ1) is 12.1. The van der Waals surface area contributed by atoms with Gasteiger partial charge in [0, 0.05) is 50.9 Å². The van der Waals surface area contributed by atoms with Gasteiger partial charge in [-0.1, -0.05) is 13.8 Å². The summed E-state index contributed by atoms with van der Waals surface area (Å²) in [4.78, 5) is 18.9. The van der Waals surface area contributed by atoms with Crippen molar-refractivity contribution in [3.8, 4) is 0 Å². The maximum absolute atomic E-state index is 4.91. The lowest BCUT2D eigenvalue weighted by Crippen LogP contribution is -2.34. The number of fused-ring (bicyclic) bond motifs is 1. The van der Waals surface area contributed by atoms with Crippen molar-refractivity contribution in [2.24, 2.45) is 7.05 Å². The highest BCUT2D eigenvalue weighted by atomic mass is 15.3. The Morgan fingerprint density at radius 2 is 1.80 bits per heavy atom. The fourth-order valence-electron chi connectivity index (χ4n) is 4.02. The standard InChI is InChI=1S/C19H28N6/c1-14(2)18-21-15-13-25(12-8-16(15)23(18)3)17-7-9-20-19(22-17)24-10-5-4-6-11-24/h7,9,14H,4-6,8,10-13H2,1-3H3. The summed E-state index contributed by atoms with van der Waals surface area (Å²) in [5, 5.41) is 0. The van der Waals surface area contributed by atoms with Gasteiger partial charge < -0.3 is 14.4 Å². The summed E-state index contributed by atoms with van der Waals surface area (Å²) in [6.07, 6.45) is 6.73. The molecule has 2 aromatic heterocycles. The molecule has 0 amide bonds. The maximum atomic E-state index is 4.91. The average molecular weight is 340 g/mol. The summed E-state index contributed by atoms with van der Waals surface area (Å²) in [7, 11) is 2.15. The van der Waals surface area contributed by atoms with E-state index in [2.05, 4.69) is 40.2 Å². The minimum Gasteiger partial charge on any atom is -0.350 e. The fourth-order valence-corrected chi connectivity index (χ4v) is 4.02. The number of nitrogens with zero attached hydrogens (tertiary/aromatic N) is 6. The molecule has 6 nitrogen and oxygen atoms in total. The molecule has 0 bridgehead atoms. The normalized spacial score (nSPS) is 17.9. The van der Waals surface area contributed by atoms with Gasteiger partial charge in [0.15, 0.2) is 0 Å². The van der Waals surface area contributed by atoms with Crippen LogP contribution in [0.3, 0.4) is 0 Å². The first-order valence-corrected chi connectivity index (χ1v) is 9.51. The predicted octanol–water partition coefficient (Wildman–Crippen LogP) is 2.89. The van der Waals surface area contributed by atoms with Gasteiger partial charge in [0.25, 0.3) is 0 Å². The maximum Gasteiger partial charge on any atom is 0.227 e. The molecule has 2 aliphatic rings. The van der Waals surface area contributed by atoms with E-state index >= 15 is 0 Å². The molecule has 1 saturated heterocycles. The van der Waals surface area contributed by atoms with E-state index in [-0.39, 0.29) is 0 Å². The van der Waals surface area contributed by atoms with Crippen molar-refractivity contribution >= 4 is 11.8 Å². The van der Waals surface area contributed by atoms with Gasteiger partial charge in [-0.25, -0.2) is 9.97 Å². The molecule has 2 aliphatic heterocycles. The molecule has 1 fully saturated rings. The molecule has 0 unspecified atom stereocenters. The largest absolute Gasteiger partial charge is 0.350 e. The first kappa shape index (κ1) is 16.4. The summed E-state index contributed by atoms with van der Waals surface area (Å²) >= 11 is 0. The number of piperidine rings is 1. The minimum atomic E-state index is 0.453. The van der Waals surface area contributed by atoms with E-state index in [4.69, 9.17) is 9.97 Å². The lowest BCUT2D eigenvalue weighted by atomic mass is 10.1. The monoisotopic (exact) mass is 340 g/mol. The Kier molecular flexibility index (Phi) is 4.36. The van der Waals surface area contributed by atoms with Crippen LogP contribution in [0.5, 0.6) is 0 Å². The molecule has 134 valence electrons. The Labute approximate surface area is 149 Å². The van der Waals surface area contributed by atoms with Crippen molar-refractivity contribution in [2.45, 2.75) is 52.0 Å². The Morgan fingerprint density at radius 3 is 2.56 bits per heavy atom. The quantitative estimate of drug-likeness (QED) is 0.860. The topological polar surface area (TPSA) is 50.1 Å². The van der Waals surface area contributed by atoms with E-state index < -0.39 is 0 Å². The molecule has 0 saturated carbocycles. The molecule has 4 heterocycles. The molecule has 0 aliphatic carbocycles. The van der Waals surface area contributed by atoms with Crippen LogP contribution in [0.4, 0.5) is 11.8 Å². The van der Waals surface area contributed by atoms with Gasteiger partial charge in [-0.2, -0.15) is 4.98 Å². The van der Waals surface area contributed by atoms with E-state index in [0.717, 1.165) is 44.4 Å². The molecule has 0 atom stereocenters. The number of anilines is 2. The van der Waals surface area contributed by atoms with Crippen molar-refractivity contribution in [3.63, 3.8) is 0 Å². The van der Waals surface area contributed by atoms with Crippen LogP contribution in [0.2, 0.25) is 0 Å². The van der Waals surface area contributed by atoms with E-state index in [1.54, 1.807) is 0 Å². The third-order valence-corrected chi connectivity index (χ3v) is 5.40. The van der Waals surface area contributed by atoms with Crippen molar-refractivity contribution in [3.05, 3.63) is 29.5 Å². The van der Waals surface area contributed by atoms with Gasteiger partial charge >= 0.3 is 0 Å². The summed E-state index contributed by atoms with van der Waals surface area (Å²) < 4.78 is 2.29. The van der Waals surface area contributed by atoms with Crippen LogP contribution in [0.25, 0.3) is 0 Å². The molecule has 0 radical (unpaired) electrons. The molecule has 6 heteroatoms. The highest BCUT2D eigenvalue weighted by Gasteiger charge is 2.25. The van der Waals surface area contributed by atoms with Gasteiger partial charge in [-0.15, -0.1) is 0 Å². The highest BCUT2D eigenvalue weighted by Crippen LogP contribution is 2.27. The van der Waals surface area contributed by atoms with Crippen LogP contribution >= 0.6 is 0 Å². The summed E-state index contributed by atoms with van der Waals surface area (Å²) in [5.74, 6) is 3.54. The van der Waals surface area contributed by atoms with Crippen LogP contribution in [0, 0.1) is 0 Å². The lowest BCUT2D eigenvalue weighted by molar-refractivity contribution is 0.567. The van der Waals surface area contributed by atoms with Crippen LogP contribution in [-0.4, -0.2) is 39.2 Å². The third-order valence-electron chi connectivity index (χ3n) is 5.40. The number of imidazole rings is 1. The zero-order valence-corrected chi connectivity index (χ0v) is 15.6. The number of rotatable bonds is 3. The van der Waals surface area contributed by atoms with Crippen molar-refractivity contribution < 1.29 is 0 Å². The molecule has 0 aromatic carbocycles. The third kappa shape index (κ3) is 3.10. The molecule has 0 N–H and O–H groups in total.